The first-order valence-corrected chi connectivity index (χ1v) is 7.81. The highest BCUT2D eigenvalue weighted by Crippen LogP contribution is 2.21. The van der Waals surface area contributed by atoms with Gasteiger partial charge in [0.15, 0.2) is 11.5 Å². The molecule has 1 aliphatic rings. The first-order chi connectivity index (χ1) is 11.3. The van der Waals surface area contributed by atoms with Crippen LogP contribution in [-0.2, 0) is 6.42 Å². The van der Waals surface area contributed by atoms with Crippen molar-refractivity contribution >= 4 is 11.6 Å². The summed E-state index contributed by atoms with van der Waals surface area (Å²) in [6.45, 7) is 3.04. The highest BCUT2D eigenvalue weighted by atomic mass is 15.0. The van der Waals surface area contributed by atoms with Crippen molar-refractivity contribution in [2.45, 2.75) is 32.2 Å². The summed E-state index contributed by atoms with van der Waals surface area (Å²) < 4.78 is 0. The molecule has 1 atom stereocenters. The lowest BCUT2D eigenvalue weighted by atomic mass is 10.1. The summed E-state index contributed by atoms with van der Waals surface area (Å²) in [5, 5.41) is 15.6. The van der Waals surface area contributed by atoms with Gasteiger partial charge in [-0.15, -0.1) is 0 Å². The molecular weight excluding hydrogens is 288 g/mol. The smallest absolute Gasteiger partial charge is 0.182 e. The minimum Gasteiger partial charge on any atom is -0.370 e. The summed E-state index contributed by atoms with van der Waals surface area (Å²) in [4.78, 5) is 12.8. The van der Waals surface area contributed by atoms with Gasteiger partial charge in [-0.3, -0.25) is 0 Å². The van der Waals surface area contributed by atoms with E-state index in [1.54, 1.807) is 6.20 Å². The largest absolute Gasteiger partial charge is 0.370 e. The van der Waals surface area contributed by atoms with Gasteiger partial charge in [0, 0.05) is 37.1 Å². The van der Waals surface area contributed by atoms with Gasteiger partial charge >= 0.3 is 0 Å². The minimum absolute atomic E-state index is 0.129. The summed E-state index contributed by atoms with van der Waals surface area (Å²) in [5.41, 5.74) is 2.57. The second kappa shape index (κ2) is 7.05. The Morgan fingerprint density at radius 1 is 1.39 bits per heavy atom. The first kappa shape index (κ1) is 15.2. The summed E-state index contributed by atoms with van der Waals surface area (Å²) in [6.07, 6.45) is 8.24. The lowest BCUT2D eigenvalue weighted by Gasteiger charge is -2.18. The molecule has 0 amide bonds. The molecule has 0 saturated heterocycles. The molecule has 2 aromatic heterocycles. The second-order valence-electron chi connectivity index (χ2n) is 5.62. The number of rotatable bonds is 5. The number of nitriles is 1. The average molecular weight is 307 g/mol. The number of aryl methyl sites for hydroxylation is 1. The predicted molar refractivity (Wildman–Crippen MR) is 88.9 cm³/mol. The Balaban J connectivity index is 1.59. The normalized spacial score (nSPS) is 14.3. The van der Waals surface area contributed by atoms with E-state index in [-0.39, 0.29) is 6.04 Å². The van der Waals surface area contributed by atoms with Gasteiger partial charge in [-0.2, -0.15) is 5.26 Å². The van der Waals surface area contributed by atoms with E-state index in [1.165, 1.54) is 11.8 Å². The van der Waals surface area contributed by atoms with E-state index in [0.717, 1.165) is 37.3 Å². The molecule has 0 aliphatic carbocycles. The zero-order valence-electron chi connectivity index (χ0n) is 13.1. The van der Waals surface area contributed by atoms with E-state index in [0.29, 0.717) is 11.5 Å². The number of fused-ring (bicyclic) bond motifs is 1. The molecule has 2 aromatic rings. The van der Waals surface area contributed by atoms with Gasteiger partial charge in [0.2, 0.25) is 0 Å². The van der Waals surface area contributed by atoms with Crippen molar-refractivity contribution < 1.29 is 0 Å². The Hall–Kier alpha value is -2.68. The van der Waals surface area contributed by atoms with E-state index in [1.807, 2.05) is 13.0 Å². The molecule has 3 heterocycles. The number of pyridine rings is 1. The number of nitrogens with one attached hydrogen (secondary N) is 2. The number of hydrogen-bond donors (Lipinski definition) is 2. The molecule has 0 unspecified atom stereocenters. The number of anilines is 2. The first-order valence-electron chi connectivity index (χ1n) is 7.81. The van der Waals surface area contributed by atoms with Crippen molar-refractivity contribution in [1.82, 2.24) is 15.0 Å². The molecular formula is C17H19N6. The lowest BCUT2D eigenvalue weighted by Crippen LogP contribution is -2.18. The predicted octanol–water partition coefficient (Wildman–Crippen LogP) is 2.54. The molecule has 0 bridgehead atoms. The fourth-order valence-corrected chi connectivity index (χ4v) is 2.57. The van der Waals surface area contributed by atoms with Crippen molar-refractivity contribution in [3.63, 3.8) is 0 Å². The fraction of sp³-hybridized carbons (Fsp3) is 0.353. The van der Waals surface area contributed by atoms with Crippen LogP contribution in [0.1, 0.15) is 36.7 Å². The van der Waals surface area contributed by atoms with Crippen LogP contribution in [0.2, 0.25) is 0 Å². The summed E-state index contributed by atoms with van der Waals surface area (Å²) in [5.74, 6) is 1.53. The van der Waals surface area contributed by atoms with Crippen LogP contribution < -0.4 is 10.6 Å². The van der Waals surface area contributed by atoms with Crippen LogP contribution in [0.15, 0.2) is 24.5 Å². The number of aromatic nitrogens is 3. The minimum atomic E-state index is 0.129. The van der Waals surface area contributed by atoms with Gasteiger partial charge < -0.3 is 10.6 Å². The van der Waals surface area contributed by atoms with E-state index >= 15 is 0 Å². The maximum Gasteiger partial charge on any atom is 0.182 e. The van der Waals surface area contributed by atoms with E-state index < -0.39 is 0 Å². The molecule has 0 saturated carbocycles. The molecule has 1 radical (unpaired) electrons. The zero-order chi connectivity index (χ0) is 16.1. The fourth-order valence-electron chi connectivity index (χ4n) is 2.57. The number of nitrogens with zero attached hydrogens (tertiary/aromatic N) is 4. The Kier molecular flexibility index (Phi) is 4.67. The Morgan fingerprint density at radius 3 is 3.13 bits per heavy atom. The van der Waals surface area contributed by atoms with Crippen LogP contribution in [0, 0.1) is 17.8 Å². The number of hydrogen-bond acceptors (Lipinski definition) is 6. The molecule has 1 aliphatic heterocycles. The molecule has 6 nitrogen and oxygen atoms in total. The third-order valence-electron chi connectivity index (χ3n) is 3.78. The van der Waals surface area contributed by atoms with E-state index in [9.17, 15) is 0 Å². The quantitative estimate of drug-likeness (QED) is 0.883. The summed E-state index contributed by atoms with van der Waals surface area (Å²) in [7, 11) is 0. The molecule has 6 heteroatoms. The maximum atomic E-state index is 9.03. The molecule has 23 heavy (non-hydrogen) atoms. The summed E-state index contributed by atoms with van der Waals surface area (Å²) in [6, 6.07) is 6.38. The van der Waals surface area contributed by atoms with E-state index in [2.05, 4.69) is 44.1 Å². The second-order valence-corrected chi connectivity index (χ2v) is 5.62. The van der Waals surface area contributed by atoms with Crippen molar-refractivity contribution in [1.29, 1.82) is 5.26 Å². The van der Waals surface area contributed by atoms with Crippen molar-refractivity contribution in [3.05, 3.63) is 47.9 Å². The van der Waals surface area contributed by atoms with Crippen LogP contribution in [-0.4, -0.2) is 27.5 Å². The molecule has 0 fully saturated rings. The maximum absolute atomic E-state index is 9.03. The van der Waals surface area contributed by atoms with Gasteiger partial charge in [-0.25, -0.2) is 15.0 Å². The topological polar surface area (TPSA) is 86.5 Å². The van der Waals surface area contributed by atoms with E-state index in [4.69, 9.17) is 5.26 Å². The Labute approximate surface area is 136 Å². The third-order valence-corrected chi connectivity index (χ3v) is 3.78. The van der Waals surface area contributed by atoms with Crippen LogP contribution in [0.5, 0.6) is 0 Å². The molecule has 0 aromatic carbocycles. The highest BCUT2D eigenvalue weighted by Gasteiger charge is 2.12. The van der Waals surface area contributed by atoms with Crippen LogP contribution in [0.4, 0.5) is 11.6 Å². The van der Waals surface area contributed by atoms with Gasteiger partial charge in [0.05, 0.1) is 0 Å². The summed E-state index contributed by atoms with van der Waals surface area (Å²) >= 11 is 0. The zero-order valence-corrected chi connectivity index (χ0v) is 13.1. The van der Waals surface area contributed by atoms with Crippen molar-refractivity contribution in [3.8, 4) is 6.07 Å². The SMILES string of the molecule is C[C@@H](C[CH]c1ccc2c(n1)NCCC2)Nc1nccnc1C#N. The van der Waals surface area contributed by atoms with Gasteiger partial charge in [0.1, 0.15) is 11.9 Å². The monoisotopic (exact) mass is 307 g/mol. The third kappa shape index (κ3) is 3.75. The standard InChI is InChI=1S/C17H19N6/c1-12(22-17-15(11-18)19-9-10-21-17)4-6-14-7-5-13-3-2-8-20-16(13)23-14/h5-7,9-10,12H,2-4,8H2,1H3,(H,20,23)(H,21,22)/t12-/m0/s1. The Bertz CT molecular complexity index is 721. The molecule has 2 N–H and O–H groups in total. The van der Waals surface area contributed by atoms with Gasteiger partial charge in [-0.1, -0.05) is 6.07 Å². The van der Waals surface area contributed by atoms with Gasteiger partial charge in [-0.05, 0) is 37.8 Å². The van der Waals surface area contributed by atoms with Gasteiger partial charge in [0.25, 0.3) is 0 Å². The van der Waals surface area contributed by atoms with Crippen LogP contribution >= 0.6 is 0 Å². The molecule has 117 valence electrons. The van der Waals surface area contributed by atoms with Crippen molar-refractivity contribution in [2.75, 3.05) is 17.2 Å². The lowest BCUT2D eigenvalue weighted by molar-refractivity contribution is 0.769. The van der Waals surface area contributed by atoms with Crippen LogP contribution in [0.25, 0.3) is 0 Å². The van der Waals surface area contributed by atoms with Crippen LogP contribution in [0.3, 0.4) is 0 Å². The molecule has 0 spiro atoms. The Morgan fingerprint density at radius 2 is 2.26 bits per heavy atom. The molecule has 3 rings (SSSR count). The average Bonchev–Trinajstić information content (AvgIpc) is 2.60. The highest BCUT2D eigenvalue weighted by molar-refractivity contribution is 5.49. The van der Waals surface area contributed by atoms with Crippen molar-refractivity contribution in [2.24, 2.45) is 0 Å².